The van der Waals surface area contributed by atoms with E-state index in [1.54, 1.807) is 15.6 Å². The Labute approximate surface area is 150 Å². The number of aromatic nitrogens is 5. The summed E-state index contributed by atoms with van der Waals surface area (Å²) in [4.78, 5) is 17.3. The van der Waals surface area contributed by atoms with Gasteiger partial charge < -0.3 is 0 Å². The third-order valence-corrected chi connectivity index (χ3v) is 4.77. The number of hydrogen-bond acceptors (Lipinski definition) is 4. The predicted molar refractivity (Wildman–Crippen MR) is 101 cm³/mol. The smallest absolute Gasteiger partial charge is 0.283 e. The first kappa shape index (κ1) is 16.2. The molecule has 0 aliphatic rings. The SMILES string of the molecule is Cc1ccc(-n2nnc3c(=O)n(Cc4ccccc4C)cnc32)cc1C. The number of aryl methyl sites for hydroxylation is 3. The van der Waals surface area contributed by atoms with Crippen molar-refractivity contribution in [2.75, 3.05) is 0 Å². The van der Waals surface area contributed by atoms with Crippen LogP contribution in [-0.2, 0) is 6.54 Å². The predicted octanol–water partition coefficient (Wildman–Crippen LogP) is 2.95. The van der Waals surface area contributed by atoms with Crippen LogP contribution in [0.25, 0.3) is 16.9 Å². The van der Waals surface area contributed by atoms with E-state index in [0.29, 0.717) is 12.2 Å². The molecule has 130 valence electrons. The van der Waals surface area contributed by atoms with Crippen molar-refractivity contribution in [2.24, 2.45) is 0 Å². The van der Waals surface area contributed by atoms with Gasteiger partial charge in [-0.2, -0.15) is 4.68 Å². The molecule has 0 fully saturated rings. The molecular formula is C20H19N5O. The van der Waals surface area contributed by atoms with E-state index in [2.05, 4.69) is 22.2 Å². The van der Waals surface area contributed by atoms with Crippen LogP contribution in [-0.4, -0.2) is 24.5 Å². The zero-order chi connectivity index (χ0) is 18.3. The van der Waals surface area contributed by atoms with E-state index in [-0.39, 0.29) is 11.1 Å². The molecule has 26 heavy (non-hydrogen) atoms. The standard InChI is InChI=1S/C20H19N5O/c1-13-8-9-17(10-15(13)3)25-19-18(22-23-25)20(26)24(12-21-19)11-16-7-5-4-6-14(16)2/h4-10,12H,11H2,1-3H3. The fraction of sp³-hybridized carbons (Fsp3) is 0.200. The van der Waals surface area contributed by atoms with Gasteiger partial charge in [-0.25, -0.2) is 4.98 Å². The van der Waals surface area contributed by atoms with Crippen LogP contribution >= 0.6 is 0 Å². The molecule has 6 heteroatoms. The third kappa shape index (κ3) is 2.69. The molecule has 2 heterocycles. The summed E-state index contributed by atoms with van der Waals surface area (Å²) in [6.07, 6.45) is 1.57. The van der Waals surface area contributed by atoms with Crippen LogP contribution in [0.3, 0.4) is 0 Å². The molecule has 0 saturated carbocycles. The van der Waals surface area contributed by atoms with Crippen LogP contribution in [0.2, 0.25) is 0 Å². The van der Waals surface area contributed by atoms with E-state index < -0.39 is 0 Å². The van der Waals surface area contributed by atoms with Gasteiger partial charge in [0.1, 0.15) is 6.33 Å². The molecule has 4 rings (SSSR count). The first-order chi connectivity index (χ1) is 12.5. The van der Waals surface area contributed by atoms with Crippen molar-refractivity contribution in [3.05, 3.63) is 81.4 Å². The number of hydrogen-bond donors (Lipinski definition) is 0. The third-order valence-electron chi connectivity index (χ3n) is 4.77. The molecule has 0 radical (unpaired) electrons. The van der Waals surface area contributed by atoms with Gasteiger partial charge in [0, 0.05) is 0 Å². The minimum atomic E-state index is -0.187. The van der Waals surface area contributed by atoms with Crippen LogP contribution in [0.1, 0.15) is 22.3 Å². The molecule has 0 bridgehead atoms. The van der Waals surface area contributed by atoms with Crippen LogP contribution in [0.5, 0.6) is 0 Å². The van der Waals surface area contributed by atoms with Crippen molar-refractivity contribution in [3.63, 3.8) is 0 Å². The van der Waals surface area contributed by atoms with Gasteiger partial charge in [-0.15, -0.1) is 5.10 Å². The Kier molecular flexibility index (Phi) is 3.88. The first-order valence-electron chi connectivity index (χ1n) is 8.47. The average Bonchev–Trinajstić information content (AvgIpc) is 3.06. The molecule has 4 aromatic rings. The Morgan fingerprint density at radius 3 is 2.54 bits per heavy atom. The summed E-state index contributed by atoms with van der Waals surface area (Å²) in [5, 5.41) is 8.24. The Bertz CT molecular complexity index is 1170. The fourth-order valence-electron chi connectivity index (χ4n) is 2.96. The van der Waals surface area contributed by atoms with Gasteiger partial charge in [0.15, 0.2) is 11.2 Å². The van der Waals surface area contributed by atoms with Gasteiger partial charge in [-0.05, 0) is 55.2 Å². The molecule has 6 nitrogen and oxygen atoms in total. The number of benzene rings is 2. The summed E-state index contributed by atoms with van der Waals surface area (Å²) >= 11 is 0. The average molecular weight is 345 g/mol. The maximum absolute atomic E-state index is 12.8. The quantitative estimate of drug-likeness (QED) is 0.573. The molecule has 0 spiro atoms. The summed E-state index contributed by atoms with van der Waals surface area (Å²) in [6.45, 7) is 6.59. The summed E-state index contributed by atoms with van der Waals surface area (Å²) in [5.74, 6) is 0. The molecule has 2 aromatic carbocycles. The highest BCUT2D eigenvalue weighted by molar-refractivity contribution is 5.70. The molecule has 2 aromatic heterocycles. The van der Waals surface area contributed by atoms with E-state index >= 15 is 0 Å². The fourth-order valence-corrected chi connectivity index (χ4v) is 2.96. The van der Waals surface area contributed by atoms with Crippen LogP contribution in [0.4, 0.5) is 0 Å². The van der Waals surface area contributed by atoms with Gasteiger partial charge in [-0.3, -0.25) is 9.36 Å². The lowest BCUT2D eigenvalue weighted by atomic mass is 10.1. The Morgan fingerprint density at radius 1 is 0.962 bits per heavy atom. The lowest BCUT2D eigenvalue weighted by molar-refractivity contribution is 0.741. The highest BCUT2D eigenvalue weighted by Gasteiger charge is 2.14. The topological polar surface area (TPSA) is 65.6 Å². The Hall–Kier alpha value is -3.28. The molecule has 0 aliphatic carbocycles. The second kappa shape index (κ2) is 6.22. The number of nitrogens with zero attached hydrogens (tertiary/aromatic N) is 5. The van der Waals surface area contributed by atoms with E-state index in [4.69, 9.17) is 0 Å². The summed E-state index contributed by atoms with van der Waals surface area (Å²) in [6, 6.07) is 14.0. The Balaban J connectivity index is 1.79. The molecule has 0 atom stereocenters. The van der Waals surface area contributed by atoms with Crippen molar-refractivity contribution in [2.45, 2.75) is 27.3 Å². The maximum atomic E-state index is 12.8. The second-order valence-electron chi connectivity index (χ2n) is 6.55. The normalized spacial score (nSPS) is 11.2. The summed E-state index contributed by atoms with van der Waals surface area (Å²) in [7, 11) is 0. The monoisotopic (exact) mass is 345 g/mol. The Morgan fingerprint density at radius 2 is 1.77 bits per heavy atom. The van der Waals surface area contributed by atoms with Gasteiger partial charge in [-0.1, -0.05) is 35.5 Å². The van der Waals surface area contributed by atoms with E-state index in [9.17, 15) is 4.79 Å². The number of fused-ring (bicyclic) bond motifs is 1. The largest absolute Gasteiger partial charge is 0.293 e. The van der Waals surface area contributed by atoms with Crippen LogP contribution in [0.15, 0.2) is 53.6 Å². The molecule has 0 amide bonds. The van der Waals surface area contributed by atoms with Crippen molar-refractivity contribution in [3.8, 4) is 5.69 Å². The molecule has 0 unspecified atom stereocenters. The van der Waals surface area contributed by atoms with Gasteiger partial charge in [0.2, 0.25) is 0 Å². The second-order valence-corrected chi connectivity index (χ2v) is 6.55. The molecule has 0 saturated heterocycles. The maximum Gasteiger partial charge on any atom is 0.283 e. The summed E-state index contributed by atoms with van der Waals surface area (Å²) in [5.41, 5.74) is 5.98. The number of rotatable bonds is 3. The molecule has 0 aliphatic heterocycles. The van der Waals surface area contributed by atoms with Gasteiger partial charge >= 0.3 is 0 Å². The lowest BCUT2D eigenvalue weighted by Gasteiger charge is -2.08. The zero-order valence-electron chi connectivity index (χ0n) is 15.0. The van der Waals surface area contributed by atoms with Gasteiger partial charge in [0.05, 0.1) is 12.2 Å². The zero-order valence-corrected chi connectivity index (χ0v) is 15.0. The van der Waals surface area contributed by atoms with E-state index in [1.165, 1.54) is 5.56 Å². The minimum absolute atomic E-state index is 0.187. The summed E-state index contributed by atoms with van der Waals surface area (Å²) < 4.78 is 3.19. The van der Waals surface area contributed by atoms with Crippen molar-refractivity contribution in [1.82, 2.24) is 24.5 Å². The highest BCUT2D eigenvalue weighted by atomic mass is 16.1. The van der Waals surface area contributed by atoms with Crippen molar-refractivity contribution < 1.29 is 0 Å². The van der Waals surface area contributed by atoms with Crippen LogP contribution in [0, 0.1) is 20.8 Å². The van der Waals surface area contributed by atoms with Crippen LogP contribution < -0.4 is 5.56 Å². The van der Waals surface area contributed by atoms with E-state index in [1.807, 2.05) is 56.3 Å². The van der Waals surface area contributed by atoms with Crippen molar-refractivity contribution in [1.29, 1.82) is 0 Å². The lowest BCUT2D eigenvalue weighted by Crippen LogP contribution is -2.22. The minimum Gasteiger partial charge on any atom is -0.293 e. The molecular weight excluding hydrogens is 326 g/mol. The molecule has 0 N–H and O–H groups in total. The van der Waals surface area contributed by atoms with Gasteiger partial charge in [0.25, 0.3) is 5.56 Å². The first-order valence-corrected chi connectivity index (χ1v) is 8.47. The van der Waals surface area contributed by atoms with Crippen molar-refractivity contribution >= 4 is 11.2 Å². The van der Waals surface area contributed by atoms with E-state index in [0.717, 1.165) is 22.4 Å². The highest BCUT2D eigenvalue weighted by Crippen LogP contribution is 2.16.